The summed E-state index contributed by atoms with van der Waals surface area (Å²) in [6, 6.07) is 9.45. The Morgan fingerprint density at radius 3 is 2.66 bits per heavy atom. The van der Waals surface area contributed by atoms with E-state index < -0.39 is 10.5 Å². The Hall–Kier alpha value is -3.88. The zero-order chi connectivity index (χ0) is 20.7. The Bertz CT molecular complexity index is 1210. The summed E-state index contributed by atoms with van der Waals surface area (Å²) in [5, 5.41) is 10.9. The van der Waals surface area contributed by atoms with Gasteiger partial charge in [-0.3, -0.25) is 19.7 Å². The molecule has 0 radical (unpaired) electrons. The van der Waals surface area contributed by atoms with Gasteiger partial charge in [0.2, 0.25) is 6.79 Å². The van der Waals surface area contributed by atoms with Gasteiger partial charge in [0.15, 0.2) is 17.3 Å². The highest BCUT2D eigenvalue weighted by atomic mass is 16.7. The molecule has 4 rings (SSSR count). The van der Waals surface area contributed by atoms with Crippen LogP contribution in [0.3, 0.4) is 0 Å². The third-order valence-electron chi connectivity index (χ3n) is 4.84. The number of hydrogen-bond acceptors (Lipinski definition) is 6. The van der Waals surface area contributed by atoms with Crippen molar-refractivity contribution in [3.05, 3.63) is 80.0 Å². The van der Waals surface area contributed by atoms with E-state index in [0.717, 1.165) is 34.3 Å². The lowest BCUT2D eigenvalue weighted by molar-refractivity contribution is -0.385. The second kappa shape index (κ2) is 6.93. The quantitative estimate of drug-likeness (QED) is 0.374. The van der Waals surface area contributed by atoms with Crippen LogP contribution in [0.25, 0.3) is 5.69 Å². The zero-order valence-electron chi connectivity index (χ0n) is 15.7. The maximum Gasteiger partial charge on any atom is 0.285 e. The van der Waals surface area contributed by atoms with Crippen LogP contribution in [0.2, 0.25) is 0 Å². The molecule has 29 heavy (non-hydrogen) atoms. The SMILES string of the molecule is Cc1cc(C(=O)Cn2cc([N+](=O)[O-])ccc2=O)c(C)n1-c1ccc2c(c1)OCO2. The summed E-state index contributed by atoms with van der Waals surface area (Å²) in [6.45, 7) is 3.56. The topological polar surface area (TPSA) is 106 Å². The molecule has 2 aromatic heterocycles. The van der Waals surface area contributed by atoms with Crippen molar-refractivity contribution >= 4 is 11.5 Å². The normalized spacial score (nSPS) is 12.2. The molecule has 148 valence electrons. The fourth-order valence-electron chi connectivity index (χ4n) is 3.46. The van der Waals surface area contributed by atoms with Crippen LogP contribution < -0.4 is 15.0 Å². The maximum absolute atomic E-state index is 12.9. The van der Waals surface area contributed by atoms with Gasteiger partial charge in [-0.1, -0.05) is 0 Å². The average molecular weight is 395 g/mol. The van der Waals surface area contributed by atoms with Crippen molar-refractivity contribution in [1.29, 1.82) is 0 Å². The van der Waals surface area contributed by atoms with Crippen LogP contribution in [0.1, 0.15) is 21.7 Å². The monoisotopic (exact) mass is 395 g/mol. The number of nitrogens with zero attached hydrogens (tertiary/aromatic N) is 3. The lowest BCUT2D eigenvalue weighted by Crippen LogP contribution is -2.23. The third kappa shape index (κ3) is 3.27. The Balaban J connectivity index is 1.68. The molecule has 3 heterocycles. The minimum absolute atomic E-state index is 0.171. The summed E-state index contributed by atoms with van der Waals surface area (Å²) < 4.78 is 13.7. The average Bonchev–Trinajstić information content (AvgIpc) is 3.26. The number of nitro groups is 1. The molecule has 1 aliphatic rings. The maximum atomic E-state index is 12.9. The first kappa shape index (κ1) is 18.5. The molecule has 0 aliphatic carbocycles. The molecule has 9 heteroatoms. The molecule has 0 saturated heterocycles. The predicted octanol–water partition coefficient (Wildman–Crippen LogP) is 2.78. The van der Waals surface area contributed by atoms with Gasteiger partial charge in [0.25, 0.3) is 11.2 Å². The summed E-state index contributed by atoms with van der Waals surface area (Å²) in [5.41, 5.74) is 2.06. The standard InChI is InChI=1S/C20H17N3O6/c1-12-7-16(17(24)10-21-9-15(23(26)27)4-6-20(21)25)13(2)22(12)14-3-5-18-19(8-14)29-11-28-18/h3-9H,10-11H2,1-2H3. The fourth-order valence-corrected chi connectivity index (χ4v) is 3.46. The molecule has 1 aliphatic heterocycles. The molecule has 0 N–H and O–H groups in total. The number of aromatic nitrogens is 2. The van der Waals surface area contributed by atoms with Crippen LogP contribution in [0.4, 0.5) is 5.69 Å². The largest absolute Gasteiger partial charge is 0.454 e. The Morgan fingerprint density at radius 2 is 1.90 bits per heavy atom. The number of aryl methyl sites for hydroxylation is 1. The highest BCUT2D eigenvalue weighted by Gasteiger charge is 2.20. The van der Waals surface area contributed by atoms with E-state index in [1.54, 1.807) is 19.1 Å². The number of ether oxygens (including phenoxy) is 2. The molecule has 3 aromatic rings. The fraction of sp³-hybridized carbons (Fsp3) is 0.200. The molecule has 0 amide bonds. The number of pyridine rings is 1. The number of Topliss-reactive ketones (excluding diaryl/α,β-unsaturated/α-hetero) is 1. The smallest absolute Gasteiger partial charge is 0.285 e. The van der Waals surface area contributed by atoms with Crippen molar-refractivity contribution < 1.29 is 19.2 Å². The van der Waals surface area contributed by atoms with E-state index in [1.165, 1.54) is 0 Å². The summed E-state index contributed by atoms with van der Waals surface area (Å²) in [4.78, 5) is 35.2. The Kier molecular flexibility index (Phi) is 4.42. The number of fused-ring (bicyclic) bond motifs is 1. The molecule has 0 saturated carbocycles. The number of hydrogen-bond donors (Lipinski definition) is 0. The minimum atomic E-state index is -0.605. The number of carbonyl (C=O) groups is 1. The van der Waals surface area contributed by atoms with Crippen molar-refractivity contribution in [2.45, 2.75) is 20.4 Å². The molecule has 0 spiro atoms. The van der Waals surface area contributed by atoms with Crippen molar-refractivity contribution in [3.8, 4) is 17.2 Å². The van der Waals surface area contributed by atoms with Gasteiger partial charge < -0.3 is 18.6 Å². The van der Waals surface area contributed by atoms with E-state index in [9.17, 15) is 19.7 Å². The van der Waals surface area contributed by atoms with Crippen molar-refractivity contribution in [3.63, 3.8) is 0 Å². The van der Waals surface area contributed by atoms with E-state index in [-0.39, 0.29) is 24.8 Å². The zero-order valence-corrected chi connectivity index (χ0v) is 15.7. The molecular weight excluding hydrogens is 378 g/mol. The summed E-state index contributed by atoms with van der Waals surface area (Å²) in [7, 11) is 0. The highest BCUT2D eigenvalue weighted by molar-refractivity contribution is 5.97. The lowest BCUT2D eigenvalue weighted by atomic mass is 10.1. The van der Waals surface area contributed by atoms with Gasteiger partial charge in [0.05, 0.1) is 17.7 Å². The Labute approximate surface area is 164 Å². The van der Waals surface area contributed by atoms with Crippen LogP contribution in [0.5, 0.6) is 11.5 Å². The van der Waals surface area contributed by atoms with E-state index in [0.29, 0.717) is 22.8 Å². The predicted molar refractivity (Wildman–Crippen MR) is 103 cm³/mol. The van der Waals surface area contributed by atoms with Crippen molar-refractivity contribution in [2.24, 2.45) is 0 Å². The van der Waals surface area contributed by atoms with Gasteiger partial charge >= 0.3 is 0 Å². The molecule has 0 unspecified atom stereocenters. The van der Waals surface area contributed by atoms with Crippen LogP contribution in [0.15, 0.2) is 47.4 Å². The van der Waals surface area contributed by atoms with Gasteiger partial charge in [-0.25, -0.2) is 0 Å². The molecular formula is C20H17N3O6. The molecule has 0 atom stereocenters. The van der Waals surface area contributed by atoms with Gasteiger partial charge in [0, 0.05) is 40.8 Å². The first-order valence-electron chi connectivity index (χ1n) is 8.82. The van der Waals surface area contributed by atoms with Crippen LogP contribution in [0, 0.1) is 24.0 Å². The Morgan fingerprint density at radius 1 is 1.14 bits per heavy atom. The lowest BCUT2D eigenvalue weighted by Gasteiger charge is -2.11. The van der Waals surface area contributed by atoms with Crippen molar-refractivity contribution in [2.75, 3.05) is 6.79 Å². The second-order valence-electron chi connectivity index (χ2n) is 6.69. The molecule has 9 nitrogen and oxygen atoms in total. The minimum Gasteiger partial charge on any atom is -0.454 e. The highest BCUT2D eigenvalue weighted by Crippen LogP contribution is 2.35. The van der Waals surface area contributed by atoms with Crippen LogP contribution in [-0.4, -0.2) is 26.6 Å². The van der Waals surface area contributed by atoms with Gasteiger partial charge in [-0.2, -0.15) is 0 Å². The first-order chi connectivity index (χ1) is 13.8. The van der Waals surface area contributed by atoms with Gasteiger partial charge in [0.1, 0.15) is 0 Å². The summed E-state index contributed by atoms with van der Waals surface area (Å²) in [6.07, 6.45) is 1.08. The number of ketones is 1. The van der Waals surface area contributed by atoms with Crippen LogP contribution in [-0.2, 0) is 6.54 Å². The second-order valence-corrected chi connectivity index (χ2v) is 6.69. The van der Waals surface area contributed by atoms with E-state index in [4.69, 9.17) is 9.47 Å². The van der Waals surface area contributed by atoms with Crippen LogP contribution >= 0.6 is 0 Å². The van der Waals surface area contributed by atoms with Crippen molar-refractivity contribution in [1.82, 2.24) is 9.13 Å². The molecule has 0 fully saturated rings. The first-order valence-corrected chi connectivity index (χ1v) is 8.82. The molecule has 0 bridgehead atoms. The summed E-state index contributed by atoms with van der Waals surface area (Å²) >= 11 is 0. The van der Waals surface area contributed by atoms with E-state index in [2.05, 4.69) is 0 Å². The van der Waals surface area contributed by atoms with Gasteiger partial charge in [-0.05, 0) is 32.0 Å². The van der Waals surface area contributed by atoms with E-state index >= 15 is 0 Å². The molecule has 1 aromatic carbocycles. The van der Waals surface area contributed by atoms with E-state index in [1.807, 2.05) is 23.6 Å². The number of carbonyl (C=O) groups excluding carboxylic acids is 1. The summed E-state index contributed by atoms with van der Waals surface area (Å²) in [5.74, 6) is 0.983. The number of benzene rings is 1. The third-order valence-corrected chi connectivity index (χ3v) is 4.84. The van der Waals surface area contributed by atoms with Gasteiger partial charge in [-0.15, -0.1) is 0 Å². The number of rotatable bonds is 5.